The second kappa shape index (κ2) is 6.15. The van der Waals surface area contributed by atoms with Gasteiger partial charge in [0, 0.05) is 0 Å². The van der Waals surface area contributed by atoms with Gasteiger partial charge in [-0.15, -0.1) is 0 Å². The van der Waals surface area contributed by atoms with Crippen molar-refractivity contribution in [2.45, 2.75) is 32.4 Å². The van der Waals surface area contributed by atoms with E-state index in [9.17, 15) is 4.79 Å². The zero-order valence-electron chi connectivity index (χ0n) is 8.47. The molecule has 1 unspecified atom stereocenters. The van der Waals surface area contributed by atoms with Crippen LogP contribution in [0.2, 0.25) is 0 Å². The quantitative estimate of drug-likeness (QED) is 0.332. The van der Waals surface area contributed by atoms with Gasteiger partial charge in [0.2, 0.25) is 0 Å². The van der Waals surface area contributed by atoms with Gasteiger partial charge in [-0.25, -0.2) is 0 Å². The van der Waals surface area contributed by atoms with Crippen LogP contribution in [0.5, 0.6) is 0 Å². The summed E-state index contributed by atoms with van der Waals surface area (Å²) in [6.07, 6.45) is 3.79. The van der Waals surface area contributed by atoms with E-state index in [0.29, 0.717) is 12.3 Å². The Bertz CT molecular complexity index is 244. The van der Waals surface area contributed by atoms with Crippen LogP contribution < -0.4 is 11.5 Å². The monoisotopic (exact) mass is 199 g/mol. The average molecular weight is 199 g/mol. The van der Waals surface area contributed by atoms with Crippen LogP contribution in [0.15, 0.2) is 17.1 Å². The highest BCUT2D eigenvalue weighted by atomic mass is 16.4. The summed E-state index contributed by atoms with van der Waals surface area (Å²) in [6, 6.07) is -0.887. The van der Waals surface area contributed by atoms with E-state index in [1.54, 1.807) is 19.1 Å². The van der Waals surface area contributed by atoms with Gasteiger partial charge in [0.25, 0.3) is 0 Å². The van der Waals surface area contributed by atoms with E-state index in [1.807, 2.05) is 6.92 Å². The topological polar surface area (TPSA) is 102 Å². The van der Waals surface area contributed by atoms with E-state index < -0.39 is 12.0 Å². The first-order chi connectivity index (χ1) is 6.43. The normalized spacial score (nSPS) is 16.9. The lowest BCUT2D eigenvalue weighted by Crippen LogP contribution is -2.29. The smallest absolute Gasteiger partial charge is 0.320 e. The molecule has 0 heterocycles. The van der Waals surface area contributed by atoms with Crippen molar-refractivity contribution < 1.29 is 9.90 Å². The van der Waals surface area contributed by atoms with Crippen molar-refractivity contribution in [3.8, 4) is 0 Å². The predicted molar refractivity (Wildman–Crippen MR) is 56.1 cm³/mol. The summed E-state index contributed by atoms with van der Waals surface area (Å²) in [7, 11) is 0. The molecule has 0 rings (SSSR count). The molecule has 0 bridgehead atoms. The van der Waals surface area contributed by atoms with E-state index >= 15 is 0 Å². The molecule has 0 aromatic rings. The SMILES string of the molecule is CC(N)=NC(C)C=CC[C@H](N)C(=O)O. The first-order valence-electron chi connectivity index (χ1n) is 4.38. The van der Waals surface area contributed by atoms with Crippen LogP contribution in [-0.2, 0) is 4.79 Å². The Morgan fingerprint density at radius 3 is 2.64 bits per heavy atom. The lowest BCUT2D eigenvalue weighted by molar-refractivity contribution is -0.138. The van der Waals surface area contributed by atoms with Crippen LogP contribution in [0.4, 0.5) is 0 Å². The Morgan fingerprint density at radius 1 is 1.64 bits per heavy atom. The number of aliphatic imine (C=N–C) groups is 1. The Hall–Kier alpha value is -1.36. The second-order valence-corrected chi connectivity index (χ2v) is 3.12. The number of hydrogen-bond acceptors (Lipinski definition) is 3. The van der Waals surface area contributed by atoms with Crippen molar-refractivity contribution >= 4 is 11.8 Å². The molecule has 0 radical (unpaired) electrons. The van der Waals surface area contributed by atoms with Gasteiger partial charge < -0.3 is 16.6 Å². The predicted octanol–water partition coefficient (Wildman–Crippen LogP) is 0.110. The Morgan fingerprint density at radius 2 is 2.21 bits per heavy atom. The number of hydrogen-bond donors (Lipinski definition) is 3. The van der Waals surface area contributed by atoms with Gasteiger partial charge in [0.15, 0.2) is 0 Å². The van der Waals surface area contributed by atoms with Crippen LogP contribution in [0.3, 0.4) is 0 Å². The second-order valence-electron chi connectivity index (χ2n) is 3.12. The van der Waals surface area contributed by atoms with Crippen molar-refractivity contribution in [3.05, 3.63) is 12.2 Å². The van der Waals surface area contributed by atoms with E-state index in [-0.39, 0.29) is 6.04 Å². The van der Waals surface area contributed by atoms with E-state index in [1.165, 1.54) is 0 Å². The minimum atomic E-state index is -0.999. The van der Waals surface area contributed by atoms with E-state index in [2.05, 4.69) is 4.99 Å². The zero-order chi connectivity index (χ0) is 11.1. The highest BCUT2D eigenvalue weighted by Crippen LogP contribution is 1.96. The highest BCUT2D eigenvalue weighted by Gasteiger charge is 2.08. The molecule has 0 aliphatic rings. The number of amidine groups is 1. The van der Waals surface area contributed by atoms with E-state index in [4.69, 9.17) is 16.6 Å². The van der Waals surface area contributed by atoms with Crippen LogP contribution in [0.25, 0.3) is 0 Å². The molecule has 5 nitrogen and oxygen atoms in total. The molecule has 0 fully saturated rings. The third-order valence-electron chi connectivity index (χ3n) is 1.53. The zero-order valence-corrected chi connectivity index (χ0v) is 8.47. The van der Waals surface area contributed by atoms with E-state index in [0.717, 1.165) is 0 Å². The molecule has 0 saturated carbocycles. The Kier molecular flexibility index (Phi) is 5.55. The van der Waals surface area contributed by atoms with Gasteiger partial charge in [-0.2, -0.15) is 0 Å². The Labute approximate surface area is 83.5 Å². The van der Waals surface area contributed by atoms with Crippen molar-refractivity contribution in [3.63, 3.8) is 0 Å². The van der Waals surface area contributed by atoms with Crippen LogP contribution in [0.1, 0.15) is 20.3 Å². The summed E-state index contributed by atoms with van der Waals surface area (Å²) in [5.41, 5.74) is 10.7. The maximum atomic E-state index is 10.3. The molecule has 5 heteroatoms. The Balaban J connectivity index is 3.95. The van der Waals surface area contributed by atoms with Gasteiger partial charge in [-0.1, -0.05) is 12.2 Å². The first-order valence-corrected chi connectivity index (χ1v) is 4.38. The summed E-state index contributed by atoms with van der Waals surface area (Å²) >= 11 is 0. The van der Waals surface area contributed by atoms with Crippen molar-refractivity contribution in [2.75, 3.05) is 0 Å². The number of carboxylic acids is 1. The fraction of sp³-hybridized carbons (Fsp3) is 0.556. The number of carbonyl (C=O) groups is 1. The number of nitrogens with zero attached hydrogens (tertiary/aromatic N) is 1. The number of rotatable bonds is 5. The highest BCUT2D eigenvalue weighted by molar-refractivity contribution is 5.77. The molecule has 0 amide bonds. The van der Waals surface area contributed by atoms with Crippen LogP contribution in [-0.4, -0.2) is 29.0 Å². The van der Waals surface area contributed by atoms with Gasteiger partial charge in [-0.05, 0) is 20.3 Å². The first kappa shape index (κ1) is 12.6. The third-order valence-corrected chi connectivity index (χ3v) is 1.53. The lowest BCUT2D eigenvalue weighted by atomic mass is 10.2. The van der Waals surface area contributed by atoms with Crippen molar-refractivity contribution in [1.82, 2.24) is 0 Å². The number of nitrogens with two attached hydrogens (primary N) is 2. The molecule has 0 aliphatic heterocycles. The molecule has 14 heavy (non-hydrogen) atoms. The summed E-state index contributed by atoms with van der Waals surface area (Å²) in [6.45, 7) is 3.56. The molecule has 0 aliphatic carbocycles. The molecule has 5 N–H and O–H groups in total. The van der Waals surface area contributed by atoms with Crippen LogP contribution in [0, 0.1) is 0 Å². The maximum Gasteiger partial charge on any atom is 0.320 e. The van der Waals surface area contributed by atoms with Gasteiger partial charge in [-0.3, -0.25) is 9.79 Å². The largest absolute Gasteiger partial charge is 0.480 e. The molecule has 0 spiro atoms. The lowest BCUT2D eigenvalue weighted by Gasteiger charge is -2.02. The number of aliphatic carboxylic acids is 1. The van der Waals surface area contributed by atoms with Crippen molar-refractivity contribution in [1.29, 1.82) is 0 Å². The summed E-state index contributed by atoms with van der Waals surface area (Å²) in [5, 5.41) is 8.49. The standard InChI is InChI=1S/C9H17N3O2/c1-6(12-7(2)10)4-3-5-8(11)9(13)14/h3-4,6,8H,5,11H2,1-2H3,(H2,10,12)(H,13,14)/t6?,8-/m0/s1. The molecule has 0 aromatic heterocycles. The molecular formula is C9H17N3O2. The van der Waals surface area contributed by atoms with Crippen molar-refractivity contribution in [2.24, 2.45) is 16.5 Å². The van der Waals surface area contributed by atoms with Crippen LogP contribution >= 0.6 is 0 Å². The molecule has 0 aromatic carbocycles. The maximum absolute atomic E-state index is 10.3. The van der Waals surface area contributed by atoms with Gasteiger partial charge in [0.05, 0.1) is 11.9 Å². The minimum Gasteiger partial charge on any atom is -0.480 e. The average Bonchev–Trinajstić information content (AvgIpc) is 2.02. The molecule has 80 valence electrons. The minimum absolute atomic E-state index is 0.0407. The summed E-state index contributed by atoms with van der Waals surface area (Å²) in [4.78, 5) is 14.4. The third kappa shape index (κ3) is 6.19. The molecule has 0 saturated heterocycles. The van der Waals surface area contributed by atoms with Gasteiger partial charge >= 0.3 is 5.97 Å². The van der Waals surface area contributed by atoms with Gasteiger partial charge in [0.1, 0.15) is 6.04 Å². The fourth-order valence-electron chi connectivity index (χ4n) is 0.887. The molecule has 2 atom stereocenters. The fourth-order valence-corrected chi connectivity index (χ4v) is 0.887. The number of carboxylic acid groups (broad SMARTS) is 1. The summed E-state index contributed by atoms with van der Waals surface area (Å²) in [5.74, 6) is -0.495. The summed E-state index contributed by atoms with van der Waals surface area (Å²) < 4.78 is 0. The molecular weight excluding hydrogens is 182 g/mol.